The van der Waals surface area contributed by atoms with Gasteiger partial charge in [-0.3, -0.25) is 9.89 Å². The molecule has 2 unspecified atom stereocenters. The van der Waals surface area contributed by atoms with Gasteiger partial charge in [0.1, 0.15) is 0 Å². The van der Waals surface area contributed by atoms with E-state index in [2.05, 4.69) is 77.4 Å². The van der Waals surface area contributed by atoms with E-state index in [0.29, 0.717) is 6.04 Å². The number of guanidine groups is 1. The molecule has 1 heterocycles. The van der Waals surface area contributed by atoms with Gasteiger partial charge in [-0.1, -0.05) is 26.0 Å². The second-order valence-corrected chi connectivity index (χ2v) is 7.18. The van der Waals surface area contributed by atoms with Gasteiger partial charge in [-0.15, -0.1) is 0 Å². The van der Waals surface area contributed by atoms with Gasteiger partial charge < -0.3 is 15.5 Å². The Bertz CT molecular complexity index is 561. The molecule has 0 bridgehead atoms. The molecule has 1 saturated heterocycles. The zero-order valence-electron chi connectivity index (χ0n) is 17.3. The van der Waals surface area contributed by atoms with Gasteiger partial charge in [0.25, 0.3) is 0 Å². The molecule has 2 atom stereocenters. The molecule has 0 saturated carbocycles. The molecule has 0 aromatic heterocycles. The van der Waals surface area contributed by atoms with Crippen LogP contribution in [0.2, 0.25) is 0 Å². The summed E-state index contributed by atoms with van der Waals surface area (Å²) in [7, 11) is 1.84. The van der Waals surface area contributed by atoms with Gasteiger partial charge in [-0.25, -0.2) is 0 Å². The first kappa shape index (κ1) is 20.6. The summed E-state index contributed by atoms with van der Waals surface area (Å²) in [5.74, 6) is 0.864. The minimum absolute atomic E-state index is 0.215. The first-order valence-corrected chi connectivity index (χ1v) is 10.1. The van der Waals surface area contributed by atoms with Crippen molar-refractivity contribution in [2.45, 2.75) is 52.6 Å². The minimum Gasteiger partial charge on any atom is -0.372 e. The number of benzene rings is 1. The fourth-order valence-electron chi connectivity index (χ4n) is 3.67. The quantitative estimate of drug-likeness (QED) is 0.552. The fraction of sp³-hybridized carbons (Fsp3) is 0.667. The number of anilines is 1. The number of hydrogen-bond donors (Lipinski definition) is 2. The summed E-state index contributed by atoms with van der Waals surface area (Å²) >= 11 is 0. The number of nitrogens with zero attached hydrogens (tertiary/aromatic N) is 3. The number of nitrogens with one attached hydrogen (secondary N) is 2. The second kappa shape index (κ2) is 10.4. The number of aliphatic imine (C=N–C) groups is 1. The molecular weight excluding hydrogens is 322 g/mol. The van der Waals surface area contributed by atoms with Crippen LogP contribution in [0.15, 0.2) is 29.3 Å². The van der Waals surface area contributed by atoms with Crippen molar-refractivity contribution in [3.05, 3.63) is 29.8 Å². The summed E-state index contributed by atoms with van der Waals surface area (Å²) in [6.07, 6.45) is 2.61. The smallest absolute Gasteiger partial charge is 0.191 e. The molecule has 0 aliphatic carbocycles. The zero-order chi connectivity index (χ0) is 18.9. The Morgan fingerprint density at radius 3 is 2.50 bits per heavy atom. The number of rotatable bonds is 8. The third-order valence-corrected chi connectivity index (χ3v) is 5.42. The molecule has 0 radical (unpaired) electrons. The Balaban J connectivity index is 1.92. The van der Waals surface area contributed by atoms with Crippen LogP contribution in [-0.2, 0) is 0 Å². The van der Waals surface area contributed by atoms with E-state index in [9.17, 15) is 0 Å². The molecule has 1 aliphatic heterocycles. The lowest BCUT2D eigenvalue weighted by molar-refractivity contribution is 0.231. The van der Waals surface area contributed by atoms with Crippen molar-refractivity contribution in [2.75, 3.05) is 44.7 Å². The Hall–Kier alpha value is -1.75. The van der Waals surface area contributed by atoms with Crippen molar-refractivity contribution < 1.29 is 0 Å². The van der Waals surface area contributed by atoms with Crippen LogP contribution in [0.3, 0.4) is 0 Å². The highest BCUT2D eigenvalue weighted by Crippen LogP contribution is 2.23. The van der Waals surface area contributed by atoms with E-state index in [0.717, 1.165) is 25.6 Å². The Morgan fingerprint density at radius 1 is 1.19 bits per heavy atom. The lowest BCUT2D eigenvalue weighted by atomic mass is 10.1. The minimum atomic E-state index is 0.215. The van der Waals surface area contributed by atoms with Gasteiger partial charge in [0, 0.05) is 38.4 Å². The maximum Gasteiger partial charge on any atom is 0.191 e. The SMILES string of the molecule is CCN(CC)C(C)CNC(=NC)NC(C)c1cccc(N2CCCC2)c1. The highest BCUT2D eigenvalue weighted by atomic mass is 15.2. The Morgan fingerprint density at radius 2 is 1.88 bits per heavy atom. The van der Waals surface area contributed by atoms with Crippen molar-refractivity contribution in [3.8, 4) is 0 Å². The third kappa shape index (κ3) is 5.63. The van der Waals surface area contributed by atoms with E-state index < -0.39 is 0 Å². The van der Waals surface area contributed by atoms with Gasteiger partial charge >= 0.3 is 0 Å². The van der Waals surface area contributed by atoms with Crippen molar-refractivity contribution in [3.63, 3.8) is 0 Å². The molecule has 0 spiro atoms. The third-order valence-electron chi connectivity index (χ3n) is 5.42. The summed E-state index contributed by atoms with van der Waals surface area (Å²) in [5, 5.41) is 7.01. The molecular formula is C21H37N5. The summed E-state index contributed by atoms with van der Waals surface area (Å²) in [6.45, 7) is 14.3. The van der Waals surface area contributed by atoms with Crippen LogP contribution >= 0.6 is 0 Å². The van der Waals surface area contributed by atoms with E-state index in [1.807, 2.05) is 7.05 Å². The summed E-state index contributed by atoms with van der Waals surface area (Å²) in [4.78, 5) is 9.33. The van der Waals surface area contributed by atoms with Crippen LogP contribution in [0.1, 0.15) is 52.1 Å². The molecule has 1 aromatic carbocycles. The average molecular weight is 360 g/mol. The van der Waals surface area contributed by atoms with Crippen molar-refractivity contribution in [1.29, 1.82) is 0 Å². The number of likely N-dealkylation sites (N-methyl/N-ethyl adjacent to an activating group) is 1. The summed E-state index contributed by atoms with van der Waals surface area (Å²) in [5.41, 5.74) is 2.64. The van der Waals surface area contributed by atoms with Crippen LogP contribution in [0, 0.1) is 0 Å². The summed E-state index contributed by atoms with van der Waals surface area (Å²) in [6, 6.07) is 9.60. The van der Waals surface area contributed by atoms with Crippen LogP contribution in [0.5, 0.6) is 0 Å². The van der Waals surface area contributed by atoms with Crippen LogP contribution in [0.4, 0.5) is 5.69 Å². The first-order chi connectivity index (χ1) is 12.6. The molecule has 1 aliphatic rings. The van der Waals surface area contributed by atoms with E-state index >= 15 is 0 Å². The van der Waals surface area contributed by atoms with Gasteiger partial charge in [-0.05, 0) is 57.5 Å². The molecule has 1 fully saturated rings. The number of hydrogen-bond acceptors (Lipinski definition) is 3. The Kier molecular flexibility index (Phi) is 8.23. The van der Waals surface area contributed by atoms with E-state index in [1.165, 1.54) is 37.2 Å². The van der Waals surface area contributed by atoms with Crippen LogP contribution in [0.25, 0.3) is 0 Å². The normalized spacial score (nSPS) is 17.5. The molecule has 2 N–H and O–H groups in total. The largest absolute Gasteiger partial charge is 0.372 e. The van der Waals surface area contributed by atoms with Gasteiger partial charge in [-0.2, -0.15) is 0 Å². The lowest BCUT2D eigenvalue weighted by Crippen LogP contribution is -2.46. The highest BCUT2D eigenvalue weighted by Gasteiger charge is 2.15. The highest BCUT2D eigenvalue weighted by molar-refractivity contribution is 5.80. The van der Waals surface area contributed by atoms with Gasteiger partial charge in [0.05, 0.1) is 6.04 Å². The average Bonchev–Trinajstić information content (AvgIpc) is 3.20. The first-order valence-electron chi connectivity index (χ1n) is 10.1. The second-order valence-electron chi connectivity index (χ2n) is 7.18. The van der Waals surface area contributed by atoms with Crippen LogP contribution < -0.4 is 15.5 Å². The predicted molar refractivity (Wildman–Crippen MR) is 113 cm³/mol. The van der Waals surface area contributed by atoms with Crippen molar-refractivity contribution in [2.24, 2.45) is 4.99 Å². The van der Waals surface area contributed by atoms with E-state index in [-0.39, 0.29) is 6.04 Å². The zero-order valence-corrected chi connectivity index (χ0v) is 17.3. The van der Waals surface area contributed by atoms with Crippen molar-refractivity contribution in [1.82, 2.24) is 15.5 Å². The van der Waals surface area contributed by atoms with Crippen LogP contribution in [-0.4, -0.2) is 56.7 Å². The maximum atomic E-state index is 4.40. The van der Waals surface area contributed by atoms with Gasteiger partial charge in [0.2, 0.25) is 0 Å². The summed E-state index contributed by atoms with van der Waals surface area (Å²) < 4.78 is 0. The Labute approximate surface area is 159 Å². The topological polar surface area (TPSA) is 42.9 Å². The molecule has 26 heavy (non-hydrogen) atoms. The molecule has 5 nitrogen and oxygen atoms in total. The molecule has 5 heteroatoms. The fourth-order valence-corrected chi connectivity index (χ4v) is 3.67. The maximum absolute atomic E-state index is 4.40. The lowest BCUT2D eigenvalue weighted by Gasteiger charge is -2.28. The molecule has 2 rings (SSSR count). The van der Waals surface area contributed by atoms with Crippen molar-refractivity contribution >= 4 is 11.6 Å². The van der Waals surface area contributed by atoms with E-state index in [4.69, 9.17) is 0 Å². The van der Waals surface area contributed by atoms with E-state index in [1.54, 1.807) is 0 Å². The van der Waals surface area contributed by atoms with Gasteiger partial charge in [0.15, 0.2) is 5.96 Å². The standard InChI is InChI=1S/C21H37N5/c1-6-25(7-2)17(3)16-23-21(22-5)24-18(4)19-11-10-12-20(15-19)26-13-8-9-14-26/h10-12,15,17-18H,6-9,13-14,16H2,1-5H3,(H2,22,23,24). The molecule has 1 aromatic rings. The monoisotopic (exact) mass is 359 g/mol. The molecule has 0 amide bonds. The predicted octanol–water partition coefficient (Wildman–Crippen LogP) is 3.24. The molecule has 146 valence electrons.